The van der Waals surface area contributed by atoms with Crippen LogP contribution in [0.4, 0.5) is 0 Å². The second kappa shape index (κ2) is 6.36. The lowest BCUT2D eigenvalue weighted by Gasteiger charge is -1.95. The molecule has 0 rings (SSSR count). The molecule has 0 bridgehead atoms. The van der Waals surface area contributed by atoms with Crippen LogP contribution in [0.25, 0.3) is 0 Å². The zero-order chi connectivity index (χ0) is 7.82. The van der Waals surface area contributed by atoms with Gasteiger partial charge in [-0.2, -0.15) is 0 Å². The Kier molecular flexibility index (Phi) is 5.88. The fourth-order valence-corrected chi connectivity index (χ4v) is 0.537. The fraction of sp³-hybridized carbons (Fsp3) is 0.500. The monoisotopic (exact) mass is 141 g/mol. The van der Waals surface area contributed by atoms with Crippen molar-refractivity contribution in [2.45, 2.75) is 13.3 Å². The molecule has 2 heteroatoms. The number of allylic oxidation sites excluding steroid dienone is 1. The van der Waals surface area contributed by atoms with Gasteiger partial charge in [0.25, 0.3) is 0 Å². The van der Waals surface area contributed by atoms with Gasteiger partial charge in [0.1, 0.15) is 0 Å². The van der Waals surface area contributed by atoms with E-state index in [1.807, 2.05) is 13.0 Å². The van der Waals surface area contributed by atoms with E-state index in [0.717, 1.165) is 25.3 Å². The maximum atomic E-state index is 5.44. The Morgan fingerprint density at radius 2 is 2.40 bits per heavy atom. The molecule has 0 atom stereocenters. The summed E-state index contributed by atoms with van der Waals surface area (Å²) in [6.45, 7) is 7.01. The summed E-state index contributed by atoms with van der Waals surface area (Å²) in [6, 6.07) is 0. The van der Waals surface area contributed by atoms with Gasteiger partial charge in [0, 0.05) is 12.3 Å². The van der Waals surface area contributed by atoms with Crippen LogP contribution >= 0.6 is 0 Å². The van der Waals surface area contributed by atoms with Crippen molar-refractivity contribution in [1.29, 1.82) is 0 Å². The van der Waals surface area contributed by atoms with E-state index in [2.05, 4.69) is 6.58 Å². The van der Waals surface area contributed by atoms with E-state index < -0.39 is 0 Å². The summed E-state index contributed by atoms with van der Waals surface area (Å²) in [4.78, 5) is 0. The Morgan fingerprint density at radius 1 is 1.70 bits per heavy atom. The third-order valence-corrected chi connectivity index (χ3v) is 1.08. The molecule has 0 aliphatic heterocycles. The summed E-state index contributed by atoms with van der Waals surface area (Å²) in [5, 5.41) is 0. The molecule has 0 unspecified atom stereocenters. The highest BCUT2D eigenvalue weighted by molar-refractivity contribution is 5.10. The first-order valence-electron chi connectivity index (χ1n) is 3.47. The van der Waals surface area contributed by atoms with E-state index in [1.165, 1.54) is 0 Å². The minimum absolute atomic E-state index is 0.722. The highest BCUT2D eigenvalue weighted by Gasteiger charge is 1.82. The van der Waals surface area contributed by atoms with Gasteiger partial charge >= 0.3 is 0 Å². The van der Waals surface area contributed by atoms with Crippen LogP contribution < -0.4 is 5.73 Å². The van der Waals surface area contributed by atoms with Gasteiger partial charge in [-0.1, -0.05) is 12.7 Å². The third kappa shape index (κ3) is 5.38. The first-order valence-corrected chi connectivity index (χ1v) is 3.47. The highest BCUT2D eigenvalue weighted by atomic mass is 16.5. The molecule has 0 aromatic rings. The minimum atomic E-state index is 0.722. The molecule has 0 radical (unpaired) electrons. The van der Waals surface area contributed by atoms with E-state index >= 15 is 0 Å². The zero-order valence-corrected chi connectivity index (χ0v) is 6.47. The van der Waals surface area contributed by atoms with Crippen LogP contribution in [0.1, 0.15) is 13.3 Å². The molecule has 0 spiro atoms. The first-order chi connectivity index (χ1) is 4.81. The third-order valence-electron chi connectivity index (χ3n) is 1.08. The number of hydrogen-bond acceptors (Lipinski definition) is 2. The van der Waals surface area contributed by atoms with Crippen molar-refractivity contribution in [2.24, 2.45) is 5.73 Å². The SMILES string of the molecule is C=C/C(N)=C\CCOCC. The lowest BCUT2D eigenvalue weighted by molar-refractivity contribution is 0.152. The smallest absolute Gasteiger partial charge is 0.0501 e. The molecule has 0 fully saturated rings. The van der Waals surface area contributed by atoms with Crippen LogP contribution in [-0.4, -0.2) is 13.2 Å². The van der Waals surface area contributed by atoms with Crippen molar-refractivity contribution in [1.82, 2.24) is 0 Å². The molecule has 0 saturated carbocycles. The van der Waals surface area contributed by atoms with E-state index in [-0.39, 0.29) is 0 Å². The summed E-state index contributed by atoms with van der Waals surface area (Å²) in [5.41, 5.74) is 6.16. The molecule has 0 saturated heterocycles. The molecule has 2 N–H and O–H groups in total. The molecule has 0 aliphatic carbocycles. The van der Waals surface area contributed by atoms with Crippen LogP contribution in [0.3, 0.4) is 0 Å². The number of rotatable bonds is 5. The fourth-order valence-electron chi connectivity index (χ4n) is 0.537. The maximum absolute atomic E-state index is 5.44. The summed E-state index contributed by atoms with van der Waals surface area (Å²) >= 11 is 0. The molecule has 10 heavy (non-hydrogen) atoms. The number of hydrogen-bond donors (Lipinski definition) is 1. The molecule has 58 valence electrons. The standard InChI is InChI=1S/C8H15NO/c1-3-8(9)6-5-7-10-4-2/h3,6H,1,4-5,7,9H2,2H3/b8-6+. The van der Waals surface area contributed by atoms with Crippen LogP contribution in [0, 0.1) is 0 Å². The van der Waals surface area contributed by atoms with Crippen molar-refractivity contribution in [3.8, 4) is 0 Å². The van der Waals surface area contributed by atoms with Gasteiger partial charge in [-0.15, -0.1) is 0 Å². The first kappa shape index (κ1) is 9.24. The molecular weight excluding hydrogens is 126 g/mol. The summed E-state index contributed by atoms with van der Waals surface area (Å²) in [5.74, 6) is 0. The molecular formula is C8H15NO. The van der Waals surface area contributed by atoms with E-state index in [1.54, 1.807) is 6.08 Å². The van der Waals surface area contributed by atoms with Crippen LogP contribution in [0.2, 0.25) is 0 Å². The van der Waals surface area contributed by atoms with E-state index in [0.29, 0.717) is 0 Å². The lowest BCUT2D eigenvalue weighted by Crippen LogP contribution is -1.95. The second-order valence-electron chi connectivity index (χ2n) is 1.89. The number of ether oxygens (including phenoxy) is 1. The molecule has 0 heterocycles. The van der Waals surface area contributed by atoms with Gasteiger partial charge in [-0.25, -0.2) is 0 Å². The number of nitrogens with two attached hydrogens (primary N) is 1. The lowest BCUT2D eigenvalue weighted by atomic mass is 10.3. The second-order valence-corrected chi connectivity index (χ2v) is 1.89. The Labute approximate surface area is 62.4 Å². The molecule has 2 nitrogen and oxygen atoms in total. The van der Waals surface area contributed by atoms with Gasteiger partial charge in [-0.05, 0) is 19.4 Å². The van der Waals surface area contributed by atoms with Crippen LogP contribution in [0.15, 0.2) is 24.4 Å². The van der Waals surface area contributed by atoms with Crippen molar-refractivity contribution < 1.29 is 4.74 Å². The predicted molar refractivity (Wildman–Crippen MR) is 43.6 cm³/mol. The normalized spacial score (nSPS) is 11.5. The molecule has 0 aromatic carbocycles. The highest BCUT2D eigenvalue weighted by Crippen LogP contribution is 1.89. The van der Waals surface area contributed by atoms with Crippen molar-refractivity contribution in [2.75, 3.05) is 13.2 Å². The zero-order valence-electron chi connectivity index (χ0n) is 6.47. The predicted octanol–water partition coefficient (Wildman–Crippen LogP) is 1.44. The van der Waals surface area contributed by atoms with Gasteiger partial charge in [-0.3, -0.25) is 0 Å². The average Bonchev–Trinajstić information content (AvgIpc) is 1.98. The van der Waals surface area contributed by atoms with Crippen molar-refractivity contribution in [3.05, 3.63) is 24.4 Å². The van der Waals surface area contributed by atoms with Gasteiger partial charge in [0.2, 0.25) is 0 Å². The van der Waals surface area contributed by atoms with Gasteiger partial charge in [0.15, 0.2) is 0 Å². The molecule has 0 aromatic heterocycles. The summed E-state index contributed by atoms with van der Waals surface area (Å²) in [6.07, 6.45) is 4.40. The van der Waals surface area contributed by atoms with Crippen molar-refractivity contribution in [3.63, 3.8) is 0 Å². The Hall–Kier alpha value is -0.760. The van der Waals surface area contributed by atoms with Crippen molar-refractivity contribution >= 4 is 0 Å². The molecule has 0 amide bonds. The summed E-state index contributed by atoms with van der Waals surface area (Å²) in [7, 11) is 0. The Bertz CT molecular complexity index is 118. The minimum Gasteiger partial charge on any atom is -0.399 e. The van der Waals surface area contributed by atoms with Crippen LogP contribution in [-0.2, 0) is 4.74 Å². The molecule has 0 aliphatic rings. The Morgan fingerprint density at radius 3 is 2.90 bits per heavy atom. The van der Waals surface area contributed by atoms with Crippen LogP contribution in [0.5, 0.6) is 0 Å². The van der Waals surface area contributed by atoms with Gasteiger partial charge < -0.3 is 10.5 Å². The quantitative estimate of drug-likeness (QED) is 0.464. The Balaban J connectivity index is 3.24. The maximum Gasteiger partial charge on any atom is 0.0501 e. The average molecular weight is 141 g/mol. The van der Waals surface area contributed by atoms with Gasteiger partial charge in [0.05, 0.1) is 6.61 Å². The van der Waals surface area contributed by atoms with E-state index in [4.69, 9.17) is 10.5 Å². The van der Waals surface area contributed by atoms with E-state index in [9.17, 15) is 0 Å². The largest absolute Gasteiger partial charge is 0.399 e. The topological polar surface area (TPSA) is 35.2 Å². The summed E-state index contributed by atoms with van der Waals surface area (Å²) < 4.78 is 5.09.